The standard InChI is InChI=1S/C18H13ClN4O2/c1-24-13-7-8-14(12-5-3-2-4-6-12)15(11-13)25-17-10-9-16-20-21-18(19)23(16)22-17/h2-11H,1H3. The fourth-order valence-electron chi connectivity index (χ4n) is 2.48. The second-order valence-electron chi connectivity index (χ2n) is 5.24. The number of methoxy groups -OCH3 is 1. The van der Waals surface area contributed by atoms with Crippen LogP contribution in [0.2, 0.25) is 5.28 Å². The van der Waals surface area contributed by atoms with Gasteiger partial charge in [0.2, 0.25) is 11.2 Å². The molecule has 0 unspecified atom stereocenters. The van der Waals surface area contributed by atoms with Gasteiger partial charge in [-0.3, -0.25) is 0 Å². The van der Waals surface area contributed by atoms with Gasteiger partial charge in [-0.2, -0.15) is 4.52 Å². The molecule has 0 saturated carbocycles. The van der Waals surface area contributed by atoms with Crippen LogP contribution in [0, 0.1) is 0 Å². The first-order valence-electron chi connectivity index (χ1n) is 7.54. The van der Waals surface area contributed by atoms with Gasteiger partial charge in [0.25, 0.3) is 0 Å². The fourth-order valence-corrected chi connectivity index (χ4v) is 2.65. The highest BCUT2D eigenvalue weighted by Gasteiger charge is 2.12. The van der Waals surface area contributed by atoms with Crippen molar-refractivity contribution in [3.8, 4) is 28.5 Å². The Morgan fingerprint density at radius 2 is 1.80 bits per heavy atom. The van der Waals surface area contributed by atoms with E-state index < -0.39 is 0 Å². The molecular weight excluding hydrogens is 340 g/mol. The van der Waals surface area contributed by atoms with Crippen LogP contribution in [0.1, 0.15) is 0 Å². The molecule has 0 spiro atoms. The van der Waals surface area contributed by atoms with Crippen molar-refractivity contribution in [2.45, 2.75) is 0 Å². The van der Waals surface area contributed by atoms with Crippen LogP contribution in [0.3, 0.4) is 0 Å². The molecule has 2 aromatic heterocycles. The smallest absolute Gasteiger partial charge is 0.246 e. The minimum atomic E-state index is 0.175. The van der Waals surface area contributed by atoms with Gasteiger partial charge < -0.3 is 9.47 Å². The second kappa shape index (κ2) is 6.41. The highest BCUT2D eigenvalue weighted by Crippen LogP contribution is 2.35. The molecule has 0 aliphatic carbocycles. The maximum absolute atomic E-state index is 6.01. The van der Waals surface area contributed by atoms with Crippen LogP contribution >= 0.6 is 11.6 Å². The lowest BCUT2D eigenvalue weighted by atomic mass is 10.0. The highest BCUT2D eigenvalue weighted by atomic mass is 35.5. The van der Waals surface area contributed by atoms with Crippen LogP contribution < -0.4 is 9.47 Å². The van der Waals surface area contributed by atoms with E-state index in [4.69, 9.17) is 21.1 Å². The number of hydrogen-bond acceptors (Lipinski definition) is 5. The summed E-state index contributed by atoms with van der Waals surface area (Å²) in [5.74, 6) is 1.69. The Kier molecular flexibility index (Phi) is 3.95. The third-order valence-electron chi connectivity index (χ3n) is 3.69. The van der Waals surface area contributed by atoms with Crippen LogP contribution in [0.25, 0.3) is 16.8 Å². The van der Waals surface area contributed by atoms with Gasteiger partial charge in [-0.05, 0) is 35.4 Å². The van der Waals surface area contributed by atoms with Crippen molar-refractivity contribution in [2.75, 3.05) is 7.11 Å². The molecular formula is C18H13ClN4O2. The maximum atomic E-state index is 6.01. The maximum Gasteiger partial charge on any atom is 0.246 e. The fraction of sp³-hybridized carbons (Fsp3) is 0.0556. The summed E-state index contributed by atoms with van der Waals surface area (Å²) in [6.07, 6.45) is 0. The molecule has 124 valence electrons. The van der Waals surface area contributed by atoms with Crippen LogP contribution in [0.15, 0.2) is 60.7 Å². The van der Waals surface area contributed by atoms with E-state index in [0.29, 0.717) is 23.0 Å². The average molecular weight is 353 g/mol. The highest BCUT2D eigenvalue weighted by molar-refractivity contribution is 6.28. The molecule has 7 heteroatoms. The summed E-state index contributed by atoms with van der Waals surface area (Å²) in [7, 11) is 1.61. The summed E-state index contributed by atoms with van der Waals surface area (Å²) in [5, 5.41) is 12.2. The number of benzene rings is 2. The van der Waals surface area contributed by atoms with E-state index in [1.807, 2.05) is 48.5 Å². The van der Waals surface area contributed by atoms with E-state index in [1.54, 1.807) is 19.2 Å². The van der Waals surface area contributed by atoms with Crippen molar-refractivity contribution >= 4 is 17.2 Å². The number of hydrogen-bond donors (Lipinski definition) is 0. The van der Waals surface area contributed by atoms with Crippen molar-refractivity contribution in [2.24, 2.45) is 0 Å². The molecule has 0 N–H and O–H groups in total. The molecule has 25 heavy (non-hydrogen) atoms. The molecule has 0 atom stereocenters. The minimum Gasteiger partial charge on any atom is -0.497 e. The van der Waals surface area contributed by atoms with E-state index in [1.165, 1.54) is 4.52 Å². The van der Waals surface area contributed by atoms with Gasteiger partial charge in [-0.15, -0.1) is 15.3 Å². The Morgan fingerprint density at radius 3 is 2.60 bits per heavy atom. The van der Waals surface area contributed by atoms with E-state index in [-0.39, 0.29) is 5.28 Å². The van der Waals surface area contributed by atoms with Gasteiger partial charge in [0, 0.05) is 17.7 Å². The quantitative estimate of drug-likeness (QED) is 0.549. The second-order valence-corrected chi connectivity index (χ2v) is 5.58. The molecule has 0 bridgehead atoms. The number of nitrogens with zero attached hydrogens (tertiary/aromatic N) is 4. The first-order chi connectivity index (χ1) is 12.2. The third kappa shape index (κ3) is 2.99. The molecule has 6 nitrogen and oxygen atoms in total. The normalized spacial score (nSPS) is 10.8. The summed E-state index contributed by atoms with van der Waals surface area (Å²) in [5.41, 5.74) is 2.51. The molecule has 0 radical (unpaired) electrons. The molecule has 4 rings (SSSR count). The Labute approximate surface area is 148 Å². The molecule has 0 amide bonds. The zero-order valence-corrected chi connectivity index (χ0v) is 14.0. The molecule has 2 heterocycles. The zero-order chi connectivity index (χ0) is 17.2. The molecule has 0 aliphatic rings. The van der Waals surface area contributed by atoms with E-state index >= 15 is 0 Å². The average Bonchev–Trinajstić information content (AvgIpc) is 3.03. The summed E-state index contributed by atoms with van der Waals surface area (Å²) >= 11 is 5.97. The minimum absolute atomic E-state index is 0.175. The van der Waals surface area contributed by atoms with Crippen LogP contribution in [0.5, 0.6) is 17.4 Å². The van der Waals surface area contributed by atoms with Gasteiger partial charge in [0.1, 0.15) is 11.5 Å². The van der Waals surface area contributed by atoms with Crippen molar-refractivity contribution in [1.82, 2.24) is 19.8 Å². The number of halogens is 1. The lowest BCUT2D eigenvalue weighted by Crippen LogP contribution is -1.97. The topological polar surface area (TPSA) is 61.5 Å². The van der Waals surface area contributed by atoms with Gasteiger partial charge in [0.15, 0.2) is 5.65 Å². The van der Waals surface area contributed by atoms with Crippen LogP contribution in [-0.2, 0) is 0 Å². The van der Waals surface area contributed by atoms with Crippen molar-refractivity contribution in [3.05, 3.63) is 65.9 Å². The van der Waals surface area contributed by atoms with Crippen LogP contribution in [0.4, 0.5) is 0 Å². The molecule has 2 aromatic carbocycles. The SMILES string of the molecule is COc1ccc(-c2ccccc2)c(Oc2ccc3nnc(Cl)n3n2)c1. The van der Waals surface area contributed by atoms with Gasteiger partial charge >= 0.3 is 0 Å². The van der Waals surface area contributed by atoms with E-state index in [9.17, 15) is 0 Å². The van der Waals surface area contributed by atoms with Crippen LogP contribution in [-0.4, -0.2) is 26.9 Å². The van der Waals surface area contributed by atoms with Gasteiger partial charge in [-0.25, -0.2) is 0 Å². The number of aromatic nitrogens is 4. The molecule has 0 aliphatic heterocycles. The van der Waals surface area contributed by atoms with Crippen molar-refractivity contribution < 1.29 is 9.47 Å². The Morgan fingerprint density at radius 1 is 0.960 bits per heavy atom. The van der Waals surface area contributed by atoms with Gasteiger partial charge in [0.05, 0.1) is 7.11 Å². The first kappa shape index (κ1) is 15.4. The number of fused-ring (bicyclic) bond motifs is 1. The Hall–Kier alpha value is -3.12. The lowest BCUT2D eigenvalue weighted by Gasteiger charge is -2.12. The van der Waals surface area contributed by atoms with E-state index in [2.05, 4.69) is 15.3 Å². The predicted octanol–water partition coefficient (Wildman–Crippen LogP) is 4.25. The summed E-state index contributed by atoms with van der Waals surface area (Å²) in [4.78, 5) is 0. The molecule has 4 aromatic rings. The summed E-state index contributed by atoms with van der Waals surface area (Å²) in [6, 6.07) is 19.1. The largest absolute Gasteiger partial charge is 0.497 e. The van der Waals surface area contributed by atoms with Gasteiger partial charge in [-0.1, -0.05) is 30.3 Å². The van der Waals surface area contributed by atoms with E-state index in [0.717, 1.165) is 11.1 Å². The molecule has 0 fully saturated rings. The van der Waals surface area contributed by atoms with Crippen molar-refractivity contribution in [3.63, 3.8) is 0 Å². The lowest BCUT2D eigenvalue weighted by molar-refractivity contribution is 0.406. The summed E-state index contributed by atoms with van der Waals surface area (Å²) in [6.45, 7) is 0. The number of rotatable bonds is 4. The molecule has 0 saturated heterocycles. The third-order valence-corrected chi connectivity index (χ3v) is 3.92. The Bertz CT molecular complexity index is 1030. The Balaban J connectivity index is 1.78. The predicted molar refractivity (Wildman–Crippen MR) is 94.3 cm³/mol. The first-order valence-corrected chi connectivity index (χ1v) is 7.92. The zero-order valence-electron chi connectivity index (χ0n) is 13.3. The monoisotopic (exact) mass is 352 g/mol. The van der Waals surface area contributed by atoms with Crippen molar-refractivity contribution in [1.29, 1.82) is 0 Å². The summed E-state index contributed by atoms with van der Waals surface area (Å²) < 4.78 is 12.7. The number of ether oxygens (including phenoxy) is 2.